The molecule has 1 aliphatic heterocycles. The third-order valence-corrected chi connectivity index (χ3v) is 3.24. The molecule has 2 aromatic rings. The fourth-order valence-corrected chi connectivity index (χ4v) is 2.24. The van der Waals surface area contributed by atoms with Crippen LogP contribution in [-0.4, -0.2) is 34.4 Å². The zero-order valence-corrected chi connectivity index (χ0v) is 9.86. The monoisotopic (exact) mass is 232 g/mol. The maximum atomic E-state index is 5.37. The van der Waals surface area contributed by atoms with Crippen LogP contribution in [0.1, 0.15) is 18.4 Å². The van der Waals surface area contributed by atoms with Gasteiger partial charge >= 0.3 is 0 Å². The minimum atomic E-state index is 0.489. The van der Waals surface area contributed by atoms with Gasteiger partial charge in [0.2, 0.25) is 0 Å². The summed E-state index contributed by atoms with van der Waals surface area (Å²) < 4.78 is 5.37. The third-order valence-electron chi connectivity index (χ3n) is 3.24. The molecule has 1 aliphatic rings. The van der Waals surface area contributed by atoms with Crippen molar-refractivity contribution < 1.29 is 4.74 Å². The highest BCUT2D eigenvalue weighted by Gasteiger charge is 2.16. The van der Waals surface area contributed by atoms with Gasteiger partial charge in [-0.05, 0) is 25.3 Å². The van der Waals surface area contributed by atoms with E-state index in [4.69, 9.17) is 4.74 Å². The molecule has 0 radical (unpaired) electrons. The summed E-state index contributed by atoms with van der Waals surface area (Å²) in [6, 6.07) is 0.489. The number of aromatic amines is 1. The van der Waals surface area contributed by atoms with Crippen LogP contribution in [0.25, 0.3) is 11.0 Å². The minimum absolute atomic E-state index is 0.489. The van der Waals surface area contributed by atoms with Crippen LogP contribution >= 0.6 is 0 Å². The molecule has 0 unspecified atom stereocenters. The fraction of sp³-hybridized carbons (Fsp3) is 0.500. The number of fused-ring (bicyclic) bond motifs is 1. The van der Waals surface area contributed by atoms with Crippen molar-refractivity contribution in [3.05, 3.63) is 18.0 Å². The Hall–Kier alpha value is -1.62. The van der Waals surface area contributed by atoms with E-state index in [9.17, 15) is 0 Å². The molecular weight excluding hydrogens is 216 g/mol. The lowest BCUT2D eigenvalue weighted by atomic mass is 10.1. The van der Waals surface area contributed by atoms with Gasteiger partial charge in [0.05, 0.1) is 17.3 Å². The maximum absolute atomic E-state index is 5.37. The summed E-state index contributed by atoms with van der Waals surface area (Å²) in [6.07, 6.45) is 5.82. The summed E-state index contributed by atoms with van der Waals surface area (Å²) >= 11 is 0. The SMILES string of the molecule is Cc1cnc2[nH]ncc2c1NC1CCOCC1. The van der Waals surface area contributed by atoms with Crippen LogP contribution in [-0.2, 0) is 4.74 Å². The first kappa shape index (κ1) is 10.5. The Morgan fingerprint density at radius 1 is 1.35 bits per heavy atom. The summed E-state index contributed by atoms with van der Waals surface area (Å²) in [6.45, 7) is 3.76. The summed E-state index contributed by atoms with van der Waals surface area (Å²) in [7, 11) is 0. The number of aryl methyl sites for hydroxylation is 1. The van der Waals surface area contributed by atoms with E-state index in [-0.39, 0.29) is 0 Å². The van der Waals surface area contributed by atoms with E-state index in [1.165, 1.54) is 0 Å². The van der Waals surface area contributed by atoms with Crippen LogP contribution in [0.3, 0.4) is 0 Å². The van der Waals surface area contributed by atoms with Crippen LogP contribution < -0.4 is 5.32 Å². The molecule has 0 amide bonds. The Labute approximate surface area is 99.6 Å². The van der Waals surface area contributed by atoms with Gasteiger partial charge in [-0.15, -0.1) is 0 Å². The van der Waals surface area contributed by atoms with E-state index in [1.807, 2.05) is 12.4 Å². The standard InChI is InChI=1S/C12H16N4O/c1-8-6-13-12-10(7-14-16-12)11(8)15-9-2-4-17-5-3-9/h6-7,9H,2-5H2,1H3,(H2,13,14,15,16). The smallest absolute Gasteiger partial charge is 0.157 e. The van der Waals surface area contributed by atoms with E-state index < -0.39 is 0 Å². The predicted molar refractivity (Wildman–Crippen MR) is 66.1 cm³/mol. The van der Waals surface area contributed by atoms with E-state index in [0.717, 1.165) is 48.3 Å². The Bertz CT molecular complexity index is 516. The zero-order chi connectivity index (χ0) is 11.7. The average Bonchev–Trinajstić information content (AvgIpc) is 2.83. The highest BCUT2D eigenvalue weighted by molar-refractivity contribution is 5.90. The van der Waals surface area contributed by atoms with Crippen molar-refractivity contribution in [3.8, 4) is 0 Å². The molecule has 3 heterocycles. The Kier molecular flexibility index (Phi) is 2.68. The van der Waals surface area contributed by atoms with Gasteiger partial charge in [-0.2, -0.15) is 5.10 Å². The fourth-order valence-electron chi connectivity index (χ4n) is 2.24. The molecule has 0 aliphatic carbocycles. The summed E-state index contributed by atoms with van der Waals surface area (Å²) in [5, 5.41) is 11.6. The van der Waals surface area contributed by atoms with E-state index in [1.54, 1.807) is 0 Å². The van der Waals surface area contributed by atoms with Gasteiger partial charge in [0, 0.05) is 25.5 Å². The quantitative estimate of drug-likeness (QED) is 0.829. The molecule has 1 saturated heterocycles. The summed E-state index contributed by atoms with van der Waals surface area (Å²) in [5.74, 6) is 0. The second kappa shape index (κ2) is 4.33. The first-order valence-electron chi connectivity index (χ1n) is 5.97. The molecule has 3 rings (SSSR count). The van der Waals surface area contributed by atoms with Crippen molar-refractivity contribution in [3.63, 3.8) is 0 Å². The van der Waals surface area contributed by atoms with Gasteiger partial charge in [-0.25, -0.2) is 4.98 Å². The number of hydrogen-bond acceptors (Lipinski definition) is 4. The van der Waals surface area contributed by atoms with E-state index >= 15 is 0 Å². The molecule has 0 spiro atoms. The number of aromatic nitrogens is 3. The second-order valence-electron chi connectivity index (χ2n) is 4.48. The first-order valence-corrected chi connectivity index (χ1v) is 5.97. The van der Waals surface area contributed by atoms with Crippen LogP contribution in [0.5, 0.6) is 0 Å². The zero-order valence-electron chi connectivity index (χ0n) is 9.86. The van der Waals surface area contributed by atoms with Crippen molar-refractivity contribution in [1.82, 2.24) is 15.2 Å². The molecule has 5 nitrogen and oxygen atoms in total. The van der Waals surface area contributed by atoms with Gasteiger partial charge in [0.1, 0.15) is 0 Å². The van der Waals surface area contributed by atoms with Crippen LogP contribution in [0.4, 0.5) is 5.69 Å². The summed E-state index contributed by atoms with van der Waals surface area (Å²) in [4.78, 5) is 4.31. The molecule has 0 aromatic carbocycles. The molecule has 2 aromatic heterocycles. The normalized spacial score (nSPS) is 17.5. The van der Waals surface area contributed by atoms with Gasteiger partial charge in [0.15, 0.2) is 5.65 Å². The lowest BCUT2D eigenvalue weighted by molar-refractivity contribution is 0.0904. The topological polar surface area (TPSA) is 62.8 Å². The number of rotatable bonds is 2. The summed E-state index contributed by atoms with van der Waals surface area (Å²) in [5.41, 5.74) is 3.14. The van der Waals surface area contributed by atoms with Gasteiger partial charge < -0.3 is 10.1 Å². The van der Waals surface area contributed by atoms with Crippen molar-refractivity contribution in [1.29, 1.82) is 0 Å². The number of hydrogen-bond donors (Lipinski definition) is 2. The van der Waals surface area contributed by atoms with Crippen molar-refractivity contribution >= 4 is 16.7 Å². The molecular formula is C12H16N4O. The lowest BCUT2D eigenvalue weighted by Gasteiger charge is -2.25. The second-order valence-corrected chi connectivity index (χ2v) is 4.48. The number of pyridine rings is 1. The maximum Gasteiger partial charge on any atom is 0.157 e. The van der Waals surface area contributed by atoms with E-state index in [2.05, 4.69) is 27.4 Å². The molecule has 5 heteroatoms. The largest absolute Gasteiger partial charge is 0.381 e. The Morgan fingerprint density at radius 2 is 2.18 bits per heavy atom. The lowest BCUT2D eigenvalue weighted by Crippen LogP contribution is -2.28. The average molecular weight is 232 g/mol. The number of anilines is 1. The van der Waals surface area contributed by atoms with Gasteiger partial charge in [-0.3, -0.25) is 5.10 Å². The molecule has 1 fully saturated rings. The number of nitrogens with one attached hydrogen (secondary N) is 2. The molecule has 2 N–H and O–H groups in total. The first-order chi connectivity index (χ1) is 8.34. The Balaban J connectivity index is 1.92. The molecule has 0 saturated carbocycles. The van der Waals surface area contributed by atoms with Gasteiger partial charge in [-0.1, -0.05) is 0 Å². The van der Waals surface area contributed by atoms with Crippen molar-refractivity contribution in [2.45, 2.75) is 25.8 Å². The highest BCUT2D eigenvalue weighted by Crippen LogP contribution is 2.26. The molecule has 0 atom stereocenters. The minimum Gasteiger partial charge on any atom is -0.381 e. The molecule has 17 heavy (non-hydrogen) atoms. The molecule has 0 bridgehead atoms. The van der Waals surface area contributed by atoms with Crippen molar-refractivity contribution in [2.24, 2.45) is 0 Å². The van der Waals surface area contributed by atoms with Crippen LogP contribution in [0, 0.1) is 6.92 Å². The number of H-pyrrole nitrogens is 1. The Morgan fingerprint density at radius 3 is 3.00 bits per heavy atom. The van der Waals surface area contributed by atoms with Gasteiger partial charge in [0.25, 0.3) is 0 Å². The predicted octanol–water partition coefficient (Wildman–Crippen LogP) is 1.86. The molecule has 90 valence electrons. The van der Waals surface area contributed by atoms with Crippen LogP contribution in [0.2, 0.25) is 0 Å². The third kappa shape index (κ3) is 1.98. The van der Waals surface area contributed by atoms with Crippen LogP contribution in [0.15, 0.2) is 12.4 Å². The number of nitrogens with zero attached hydrogens (tertiary/aromatic N) is 2. The highest BCUT2D eigenvalue weighted by atomic mass is 16.5. The number of ether oxygens (including phenoxy) is 1. The van der Waals surface area contributed by atoms with E-state index in [0.29, 0.717) is 6.04 Å². The van der Waals surface area contributed by atoms with Crippen molar-refractivity contribution in [2.75, 3.05) is 18.5 Å².